The predicted octanol–water partition coefficient (Wildman–Crippen LogP) is 3.13. The van der Waals surface area contributed by atoms with Crippen LogP contribution in [-0.4, -0.2) is 17.3 Å². The molecule has 0 atom stereocenters. The number of hydrogen-bond donors (Lipinski definition) is 2. The van der Waals surface area contributed by atoms with E-state index in [-0.39, 0.29) is 22.5 Å². The predicted molar refractivity (Wildman–Crippen MR) is 82.8 cm³/mol. The topological polar surface area (TPSA) is 59.6 Å². The van der Waals surface area contributed by atoms with Gasteiger partial charge in [0.2, 0.25) is 0 Å². The zero-order chi connectivity index (χ0) is 16.4. The quantitative estimate of drug-likeness (QED) is 0.825. The maximum Gasteiger partial charge on any atom is 0.586 e. The zero-order valence-electron chi connectivity index (χ0n) is 11.5. The first-order valence-corrected chi connectivity index (χ1v) is 6.91. The zero-order valence-corrected chi connectivity index (χ0v) is 12.3. The summed E-state index contributed by atoms with van der Waals surface area (Å²) in [6.45, 7) is 0. The van der Waals surface area contributed by atoms with E-state index in [2.05, 4.69) is 20.1 Å². The van der Waals surface area contributed by atoms with Gasteiger partial charge in [0.05, 0.1) is 0 Å². The highest BCUT2D eigenvalue weighted by molar-refractivity contribution is 7.80. The summed E-state index contributed by atoms with van der Waals surface area (Å²) >= 11 is 5.02. The fourth-order valence-electron chi connectivity index (χ4n) is 1.95. The molecule has 1 aliphatic rings. The second-order valence-corrected chi connectivity index (χ2v) is 5.01. The van der Waals surface area contributed by atoms with Crippen molar-refractivity contribution >= 4 is 28.9 Å². The van der Waals surface area contributed by atoms with Gasteiger partial charge in [0.15, 0.2) is 16.6 Å². The van der Waals surface area contributed by atoms with E-state index in [1.807, 2.05) is 0 Å². The van der Waals surface area contributed by atoms with Crippen molar-refractivity contribution in [1.29, 1.82) is 0 Å². The number of amides is 1. The first-order valence-electron chi connectivity index (χ1n) is 6.50. The average Bonchev–Trinajstić information content (AvgIpc) is 2.81. The van der Waals surface area contributed by atoms with Crippen molar-refractivity contribution in [3.8, 4) is 11.5 Å². The number of nitrogens with one attached hydrogen (secondary N) is 2. The second kappa shape index (κ2) is 5.81. The molecule has 1 aliphatic heterocycles. The van der Waals surface area contributed by atoms with Gasteiger partial charge in [-0.3, -0.25) is 10.1 Å². The van der Waals surface area contributed by atoms with Crippen LogP contribution in [0.5, 0.6) is 11.5 Å². The summed E-state index contributed by atoms with van der Waals surface area (Å²) in [7, 11) is 0. The third kappa shape index (κ3) is 3.54. The molecule has 0 fully saturated rings. The Bertz CT molecular complexity index is 769. The lowest BCUT2D eigenvalue weighted by Crippen LogP contribution is -2.34. The van der Waals surface area contributed by atoms with E-state index >= 15 is 0 Å². The van der Waals surface area contributed by atoms with Crippen LogP contribution in [0, 0.1) is 0 Å². The minimum atomic E-state index is -3.68. The fourth-order valence-corrected chi connectivity index (χ4v) is 2.16. The highest BCUT2D eigenvalue weighted by atomic mass is 32.1. The van der Waals surface area contributed by atoms with Crippen molar-refractivity contribution in [2.24, 2.45) is 0 Å². The van der Waals surface area contributed by atoms with E-state index in [1.165, 1.54) is 18.2 Å². The Labute approximate surface area is 135 Å². The summed E-state index contributed by atoms with van der Waals surface area (Å²) in [5, 5.41) is 5.24. The van der Waals surface area contributed by atoms with Crippen molar-refractivity contribution in [3.05, 3.63) is 54.1 Å². The number of fused-ring (bicyclic) bond motifs is 1. The number of alkyl halides is 2. The third-order valence-corrected chi connectivity index (χ3v) is 3.13. The van der Waals surface area contributed by atoms with Crippen LogP contribution < -0.4 is 20.1 Å². The van der Waals surface area contributed by atoms with Crippen molar-refractivity contribution in [2.75, 3.05) is 5.32 Å². The van der Waals surface area contributed by atoms with Crippen LogP contribution in [0.1, 0.15) is 10.4 Å². The highest BCUT2D eigenvalue weighted by Gasteiger charge is 2.43. The van der Waals surface area contributed by atoms with E-state index in [0.717, 1.165) is 0 Å². The van der Waals surface area contributed by atoms with E-state index in [0.29, 0.717) is 11.3 Å². The van der Waals surface area contributed by atoms with Gasteiger partial charge >= 0.3 is 6.29 Å². The number of halogens is 2. The minimum absolute atomic E-state index is 0.0319. The SMILES string of the molecule is O=C(NC(=S)Nc1ccc2c(c1)OC(F)(F)O2)c1ccccc1. The van der Waals surface area contributed by atoms with Crippen LogP contribution in [0.3, 0.4) is 0 Å². The Hall–Kier alpha value is -2.74. The molecule has 0 radical (unpaired) electrons. The van der Waals surface area contributed by atoms with Crippen LogP contribution in [0.15, 0.2) is 48.5 Å². The number of hydrogen-bond acceptors (Lipinski definition) is 4. The summed E-state index contributed by atoms with van der Waals surface area (Å²) in [5.74, 6) is -0.563. The van der Waals surface area contributed by atoms with Crippen molar-refractivity contribution in [2.45, 2.75) is 6.29 Å². The number of anilines is 1. The lowest BCUT2D eigenvalue weighted by molar-refractivity contribution is -0.286. The number of rotatable bonds is 2. The fraction of sp³-hybridized carbons (Fsp3) is 0.0667. The van der Waals surface area contributed by atoms with Crippen LogP contribution >= 0.6 is 12.2 Å². The Morgan fingerprint density at radius 3 is 2.48 bits per heavy atom. The number of carbonyl (C=O) groups is 1. The smallest absolute Gasteiger partial charge is 0.395 e. The molecule has 0 saturated carbocycles. The molecule has 1 heterocycles. The van der Waals surface area contributed by atoms with Gasteiger partial charge < -0.3 is 14.8 Å². The van der Waals surface area contributed by atoms with Crippen molar-refractivity contribution < 1.29 is 23.0 Å². The molecule has 0 spiro atoms. The first kappa shape index (κ1) is 15.2. The summed E-state index contributed by atoms with van der Waals surface area (Å²) < 4.78 is 34.5. The molecule has 0 bridgehead atoms. The second-order valence-electron chi connectivity index (χ2n) is 4.60. The molecule has 0 saturated heterocycles. The molecule has 1 amide bonds. The molecule has 2 aromatic carbocycles. The largest absolute Gasteiger partial charge is 0.586 e. The summed E-state index contributed by atoms with van der Waals surface area (Å²) in [6, 6.07) is 12.6. The molecule has 23 heavy (non-hydrogen) atoms. The normalized spacial score (nSPS) is 14.2. The number of ether oxygens (including phenoxy) is 2. The molecule has 0 aliphatic carbocycles. The van der Waals surface area contributed by atoms with Crippen molar-refractivity contribution in [3.63, 3.8) is 0 Å². The molecular formula is C15H10F2N2O3S. The molecule has 2 aromatic rings. The number of benzene rings is 2. The van der Waals surface area contributed by atoms with Crippen LogP contribution in [0.2, 0.25) is 0 Å². The molecule has 3 rings (SSSR count). The Kier molecular flexibility index (Phi) is 3.83. The first-order chi connectivity index (χ1) is 10.9. The maximum atomic E-state index is 12.9. The molecule has 0 aromatic heterocycles. The summed E-state index contributed by atoms with van der Waals surface area (Å²) in [5.41, 5.74) is 0.824. The third-order valence-electron chi connectivity index (χ3n) is 2.92. The van der Waals surface area contributed by atoms with Gasteiger partial charge in [-0.2, -0.15) is 0 Å². The van der Waals surface area contributed by atoms with Crippen LogP contribution in [0.25, 0.3) is 0 Å². The Balaban J connectivity index is 1.64. The van der Waals surface area contributed by atoms with E-state index in [4.69, 9.17) is 12.2 Å². The Morgan fingerprint density at radius 2 is 1.74 bits per heavy atom. The summed E-state index contributed by atoms with van der Waals surface area (Å²) in [4.78, 5) is 11.9. The molecule has 0 unspecified atom stereocenters. The van der Waals surface area contributed by atoms with Gasteiger partial charge in [-0.1, -0.05) is 18.2 Å². The van der Waals surface area contributed by atoms with E-state index in [9.17, 15) is 13.6 Å². The van der Waals surface area contributed by atoms with Gasteiger partial charge in [-0.25, -0.2) is 0 Å². The maximum absolute atomic E-state index is 12.9. The van der Waals surface area contributed by atoms with Crippen LogP contribution in [-0.2, 0) is 0 Å². The number of carbonyl (C=O) groups excluding carboxylic acids is 1. The molecule has 5 nitrogen and oxygen atoms in total. The number of thiocarbonyl (C=S) groups is 1. The average molecular weight is 336 g/mol. The Morgan fingerprint density at radius 1 is 1.04 bits per heavy atom. The highest BCUT2D eigenvalue weighted by Crippen LogP contribution is 2.42. The van der Waals surface area contributed by atoms with Crippen LogP contribution in [0.4, 0.5) is 14.5 Å². The van der Waals surface area contributed by atoms with Gasteiger partial charge in [-0.15, -0.1) is 8.78 Å². The standard InChI is InChI=1S/C15H10F2N2O3S/c16-15(17)21-11-7-6-10(8-12(11)22-15)18-14(23)19-13(20)9-4-2-1-3-5-9/h1-8H,(H2,18,19,20,23). The summed E-state index contributed by atoms with van der Waals surface area (Å²) in [6.07, 6.45) is -3.68. The van der Waals surface area contributed by atoms with Gasteiger partial charge in [0.1, 0.15) is 0 Å². The van der Waals surface area contributed by atoms with E-state index in [1.54, 1.807) is 30.3 Å². The molecular weight excluding hydrogens is 326 g/mol. The molecule has 2 N–H and O–H groups in total. The molecule has 8 heteroatoms. The monoisotopic (exact) mass is 336 g/mol. The lowest BCUT2D eigenvalue weighted by atomic mass is 10.2. The van der Waals surface area contributed by atoms with Gasteiger partial charge in [0, 0.05) is 17.3 Å². The van der Waals surface area contributed by atoms with Gasteiger partial charge in [0.25, 0.3) is 5.91 Å². The van der Waals surface area contributed by atoms with E-state index < -0.39 is 6.29 Å². The van der Waals surface area contributed by atoms with Crippen molar-refractivity contribution in [1.82, 2.24) is 5.32 Å². The van der Waals surface area contributed by atoms with Gasteiger partial charge in [-0.05, 0) is 36.5 Å². The lowest BCUT2D eigenvalue weighted by Gasteiger charge is -2.10. The minimum Gasteiger partial charge on any atom is -0.395 e. The molecule has 118 valence electrons.